The van der Waals surface area contributed by atoms with Gasteiger partial charge in [0.25, 0.3) is 0 Å². The molecule has 5 nitrogen and oxygen atoms in total. The van der Waals surface area contributed by atoms with Gasteiger partial charge in [-0.2, -0.15) is 5.10 Å². The molecule has 0 unspecified atom stereocenters. The minimum Gasteiger partial charge on any atom is -0.368 e. The Bertz CT molecular complexity index is 628. The molecule has 1 saturated heterocycles. The molecular weight excluding hydrogens is 296 g/mol. The number of rotatable bonds is 3. The van der Waals surface area contributed by atoms with Crippen molar-refractivity contribution >= 4 is 11.3 Å². The molecule has 0 bridgehead atoms. The van der Waals surface area contributed by atoms with E-state index in [2.05, 4.69) is 47.3 Å². The van der Waals surface area contributed by atoms with Crippen molar-refractivity contribution < 1.29 is 4.74 Å². The molecule has 1 aliphatic rings. The average Bonchev–Trinajstić information content (AvgIpc) is 3.08. The van der Waals surface area contributed by atoms with E-state index in [1.807, 2.05) is 17.8 Å². The maximum absolute atomic E-state index is 5.89. The van der Waals surface area contributed by atoms with E-state index in [0.29, 0.717) is 0 Å². The van der Waals surface area contributed by atoms with Crippen molar-refractivity contribution in [3.8, 4) is 0 Å². The zero-order chi connectivity index (χ0) is 15.7. The van der Waals surface area contributed by atoms with Gasteiger partial charge < -0.3 is 4.74 Å². The van der Waals surface area contributed by atoms with Gasteiger partial charge in [-0.25, -0.2) is 4.98 Å². The minimum absolute atomic E-state index is 0.0320. The fraction of sp³-hybridized carbons (Fsp3) is 0.625. The molecule has 1 aliphatic heterocycles. The van der Waals surface area contributed by atoms with Crippen molar-refractivity contribution in [3.05, 3.63) is 34.0 Å². The topological polar surface area (TPSA) is 43.2 Å². The summed E-state index contributed by atoms with van der Waals surface area (Å²) in [6, 6.07) is 0. The average molecular weight is 320 g/mol. The zero-order valence-corrected chi connectivity index (χ0v) is 14.6. The molecule has 2 aromatic heterocycles. The molecule has 1 fully saturated rings. The van der Waals surface area contributed by atoms with Gasteiger partial charge in [-0.15, -0.1) is 11.3 Å². The number of hydrogen-bond acceptors (Lipinski definition) is 5. The highest BCUT2D eigenvalue weighted by atomic mass is 32.1. The van der Waals surface area contributed by atoms with Gasteiger partial charge in [0.2, 0.25) is 0 Å². The summed E-state index contributed by atoms with van der Waals surface area (Å²) in [4.78, 5) is 6.99. The second-order valence-electron chi connectivity index (χ2n) is 6.89. The Morgan fingerprint density at radius 3 is 2.86 bits per heavy atom. The van der Waals surface area contributed by atoms with Crippen LogP contribution in [-0.4, -0.2) is 39.4 Å². The predicted octanol–water partition coefficient (Wildman–Crippen LogP) is 2.98. The van der Waals surface area contributed by atoms with E-state index >= 15 is 0 Å². The van der Waals surface area contributed by atoms with Gasteiger partial charge in [-0.05, 0) is 27.7 Å². The van der Waals surface area contributed by atoms with E-state index in [9.17, 15) is 0 Å². The summed E-state index contributed by atoms with van der Waals surface area (Å²) in [6.07, 6.45) is 4.23. The molecule has 0 radical (unpaired) electrons. The van der Waals surface area contributed by atoms with Gasteiger partial charge >= 0.3 is 0 Å². The van der Waals surface area contributed by atoms with E-state index in [-0.39, 0.29) is 11.6 Å². The standard InChI is InChI=1S/C16H24N4OS/c1-12-11-22-15(18-12)14-10-19(5-6-21-14)8-13-7-17-20(9-13)16(2,3)4/h7,9,11,14H,5-6,8,10H2,1-4H3/t14-/m1/s1. The number of morpholine rings is 1. The molecule has 6 heteroatoms. The monoisotopic (exact) mass is 320 g/mol. The van der Waals surface area contributed by atoms with Gasteiger partial charge in [-0.1, -0.05) is 0 Å². The van der Waals surface area contributed by atoms with Crippen molar-refractivity contribution in [2.75, 3.05) is 19.7 Å². The van der Waals surface area contributed by atoms with Crippen LogP contribution in [0.1, 0.15) is 43.1 Å². The summed E-state index contributed by atoms with van der Waals surface area (Å²) in [5.74, 6) is 0. The maximum atomic E-state index is 5.89. The molecule has 22 heavy (non-hydrogen) atoms. The lowest BCUT2D eigenvalue weighted by molar-refractivity contribution is -0.0330. The van der Waals surface area contributed by atoms with Crippen LogP contribution in [0.5, 0.6) is 0 Å². The van der Waals surface area contributed by atoms with Gasteiger partial charge in [0, 0.05) is 42.5 Å². The number of aromatic nitrogens is 3. The third-order valence-electron chi connectivity index (χ3n) is 3.79. The fourth-order valence-electron chi connectivity index (χ4n) is 2.58. The number of aryl methyl sites for hydroxylation is 1. The maximum Gasteiger partial charge on any atom is 0.123 e. The second-order valence-corrected chi connectivity index (χ2v) is 7.78. The molecule has 0 N–H and O–H groups in total. The zero-order valence-electron chi connectivity index (χ0n) is 13.7. The van der Waals surface area contributed by atoms with Gasteiger partial charge in [0.05, 0.1) is 18.3 Å². The van der Waals surface area contributed by atoms with Crippen molar-refractivity contribution in [2.45, 2.75) is 45.9 Å². The lowest BCUT2D eigenvalue weighted by atomic mass is 10.1. The Morgan fingerprint density at radius 1 is 1.41 bits per heavy atom. The third kappa shape index (κ3) is 3.56. The van der Waals surface area contributed by atoms with Gasteiger partial charge in [0.1, 0.15) is 11.1 Å². The summed E-state index contributed by atoms with van der Waals surface area (Å²) in [5.41, 5.74) is 2.36. The summed E-state index contributed by atoms with van der Waals surface area (Å²) >= 11 is 1.69. The van der Waals surface area contributed by atoms with Crippen LogP contribution in [0.25, 0.3) is 0 Å². The van der Waals surface area contributed by atoms with Crippen LogP contribution >= 0.6 is 11.3 Å². The first-order valence-electron chi connectivity index (χ1n) is 7.72. The Hall–Kier alpha value is -1.24. The molecule has 1 atom stereocenters. The van der Waals surface area contributed by atoms with E-state index in [1.165, 1.54) is 5.56 Å². The molecule has 0 saturated carbocycles. The van der Waals surface area contributed by atoms with Crippen molar-refractivity contribution in [1.29, 1.82) is 0 Å². The Labute approximate surface area is 135 Å². The Kier molecular flexibility index (Phi) is 4.34. The lowest BCUT2D eigenvalue weighted by Gasteiger charge is -2.31. The molecule has 2 aromatic rings. The summed E-state index contributed by atoms with van der Waals surface area (Å²) in [7, 11) is 0. The molecular formula is C16H24N4OS. The van der Waals surface area contributed by atoms with Crippen molar-refractivity contribution in [2.24, 2.45) is 0 Å². The minimum atomic E-state index is 0.0320. The quantitative estimate of drug-likeness (QED) is 0.872. The third-order valence-corrected chi connectivity index (χ3v) is 4.85. The van der Waals surface area contributed by atoms with Gasteiger partial charge in [-0.3, -0.25) is 9.58 Å². The molecule has 0 aliphatic carbocycles. The van der Waals surface area contributed by atoms with Crippen LogP contribution in [0.2, 0.25) is 0 Å². The van der Waals surface area contributed by atoms with Crippen molar-refractivity contribution in [3.63, 3.8) is 0 Å². The predicted molar refractivity (Wildman–Crippen MR) is 88.0 cm³/mol. The summed E-state index contributed by atoms with van der Waals surface area (Å²) in [5, 5.41) is 7.66. The smallest absolute Gasteiger partial charge is 0.123 e. The summed E-state index contributed by atoms with van der Waals surface area (Å²) < 4.78 is 7.92. The number of hydrogen-bond donors (Lipinski definition) is 0. The highest BCUT2D eigenvalue weighted by Crippen LogP contribution is 2.26. The van der Waals surface area contributed by atoms with Crippen LogP contribution in [0, 0.1) is 6.92 Å². The van der Waals surface area contributed by atoms with Crippen LogP contribution in [-0.2, 0) is 16.8 Å². The molecule has 3 rings (SSSR count). The fourth-order valence-corrected chi connectivity index (χ4v) is 3.42. The first kappa shape index (κ1) is 15.6. The van der Waals surface area contributed by atoms with Crippen LogP contribution in [0.3, 0.4) is 0 Å². The largest absolute Gasteiger partial charge is 0.368 e. The SMILES string of the molecule is Cc1csc([C@H]2CN(Cc3cnn(C(C)(C)C)c3)CCO2)n1. The lowest BCUT2D eigenvalue weighted by Crippen LogP contribution is -2.37. The number of thiazole rings is 1. The molecule has 3 heterocycles. The van der Waals surface area contributed by atoms with Crippen LogP contribution in [0.15, 0.2) is 17.8 Å². The molecule has 0 spiro atoms. The van der Waals surface area contributed by atoms with Crippen molar-refractivity contribution in [1.82, 2.24) is 19.7 Å². The first-order valence-corrected chi connectivity index (χ1v) is 8.60. The highest BCUT2D eigenvalue weighted by Gasteiger charge is 2.25. The van der Waals surface area contributed by atoms with E-state index in [1.54, 1.807) is 11.3 Å². The normalized spacial score (nSPS) is 20.5. The molecule has 0 aromatic carbocycles. The number of nitrogens with zero attached hydrogens (tertiary/aromatic N) is 4. The van der Waals surface area contributed by atoms with Gasteiger partial charge in [0.15, 0.2) is 0 Å². The van der Waals surface area contributed by atoms with E-state index in [0.717, 1.165) is 36.9 Å². The first-order chi connectivity index (χ1) is 10.4. The Balaban J connectivity index is 1.64. The molecule has 120 valence electrons. The highest BCUT2D eigenvalue weighted by molar-refractivity contribution is 7.09. The second kappa shape index (κ2) is 6.10. The van der Waals surface area contributed by atoms with E-state index < -0.39 is 0 Å². The van der Waals surface area contributed by atoms with E-state index in [4.69, 9.17) is 4.74 Å². The Morgan fingerprint density at radius 2 is 2.23 bits per heavy atom. The number of ether oxygens (including phenoxy) is 1. The van der Waals surface area contributed by atoms with Crippen LogP contribution < -0.4 is 0 Å². The molecule has 0 amide bonds. The van der Waals surface area contributed by atoms with Crippen LogP contribution in [0.4, 0.5) is 0 Å². The summed E-state index contributed by atoms with van der Waals surface area (Å²) in [6.45, 7) is 12.1.